The predicted octanol–water partition coefficient (Wildman–Crippen LogP) is 2.03. The van der Waals surface area contributed by atoms with E-state index in [0.29, 0.717) is 12.4 Å². The van der Waals surface area contributed by atoms with E-state index in [0.717, 1.165) is 42.6 Å². The monoisotopic (exact) mass is 288 g/mol. The number of hydrogen-bond acceptors (Lipinski definition) is 3. The van der Waals surface area contributed by atoms with Crippen molar-refractivity contribution in [1.82, 2.24) is 9.78 Å². The van der Waals surface area contributed by atoms with Gasteiger partial charge in [0.25, 0.3) is 0 Å². The van der Waals surface area contributed by atoms with Gasteiger partial charge in [-0.2, -0.15) is 5.10 Å². The van der Waals surface area contributed by atoms with Crippen molar-refractivity contribution < 1.29 is 4.79 Å². The van der Waals surface area contributed by atoms with Gasteiger partial charge in [0, 0.05) is 25.4 Å². The third-order valence-corrected chi connectivity index (χ3v) is 5.88. The van der Waals surface area contributed by atoms with Crippen LogP contribution >= 0.6 is 0 Å². The maximum Gasteiger partial charge on any atom is 0.231 e. The van der Waals surface area contributed by atoms with Crippen molar-refractivity contribution in [2.75, 3.05) is 5.32 Å². The fourth-order valence-corrected chi connectivity index (χ4v) is 5.42. The second kappa shape index (κ2) is 4.57. The molecular formula is C16H24N4O. The molecule has 3 N–H and O–H groups in total. The van der Waals surface area contributed by atoms with Gasteiger partial charge >= 0.3 is 0 Å². The van der Waals surface area contributed by atoms with Crippen LogP contribution in [0.3, 0.4) is 0 Å². The van der Waals surface area contributed by atoms with Crippen LogP contribution in [-0.4, -0.2) is 15.7 Å². The number of aromatic nitrogens is 2. The van der Waals surface area contributed by atoms with Gasteiger partial charge in [-0.1, -0.05) is 0 Å². The highest BCUT2D eigenvalue weighted by molar-refractivity contribution is 5.95. The summed E-state index contributed by atoms with van der Waals surface area (Å²) in [4.78, 5) is 12.9. The Morgan fingerprint density at radius 2 is 1.90 bits per heavy atom. The fraction of sp³-hybridized carbons (Fsp3) is 0.750. The van der Waals surface area contributed by atoms with E-state index in [1.165, 1.54) is 19.3 Å². The average molecular weight is 288 g/mol. The first-order chi connectivity index (χ1) is 10.1. The van der Waals surface area contributed by atoms with Crippen LogP contribution in [0.5, 0.6) is 0 Å². The first-order valence-corrected chi connectivity index (χ1v) is 8.12. The molecule has 1 heterocycles. The number of carbonyl (C=O) groups is 1. The van der Waals surface area contributed by atoms with Crippen LogP contribution in [0.15, 0.2) is 6.20 Å². The second-order valence-corrected chi connectivity index (χ2v) is 7.53. The smallest absolute Gasteiger partial charge is 0.231 e. The highest BCUT2D eigenvalue weighted by Crippen LogP contribution is 2.60. The molecule has 0 saturated heterocycles. The van der Waals surface area contributed by atoms with E-state index >= 15 is 0 Å². The lowest BCUT2D eigenvalue weighted by Crippen LogP contribution is -2.51. The zero-order chi connectivity index (χ0) is 14.6. The lowest BCUT2D eigenvalue weighted by atomic mass is 9.49. The molecule has 4 fully saturated rings. The van der Waals surface area contributed by atoms with Gasteiger partial charge in [0.1, 0.15) is 0 Å². The van der Waals surface area contributed by atoms with Crippen LogP contribution in [0.4, 0.5) is 5.82 Å². The summed E-state index contributed by atoms with van der Waals surface area (Å²) in [6.45, 7) is 0.407. The summed E-state index contributed by atoms with van der Waals surface area (Å²) >= 11 is 0. The molecule has 21 heavy (non-hydrogen) atoms. The molecule has 0 radical (unpaired) electrons. The first kappa shape index (κ1) is 13.3. The van der Waals surface area contributed by atoms with Crippen molar-refractivity contribution in [2.24, 2.45) is 36.0 Å². The van der Waals surface area contributed by atoms with Gasteiger partial charge < -0.3 is 11.1 Å². The van der Waals surface area contributed by atoms with Crippen molar-refractivity contribution in [3.63, 3.8) is 0 Å². The molecule has 0 atom stereocenters. The van der Waals surface area contributed by atoms with Crippen molar-refractivity contribution >= 4 is 11.7 Å². The van der Waals surface area contributed by atoms with Gasteiger partial charge in [0.15, 0.2) is 5.82 Å². The number of nitrogens with one attached hydrogen (secondary N) is 1. The van der Waals surface area contributed by atoms with E-state index in [1.54, 1.807) is 4.68 Å². The van der Waals surface area contributed by atoms with Crippen molar-refractivity contribution in [3.8, 4) is 0 Å². The van der Waals surface area contributed by atoms with Crippen LogP contribution in [-0.2, 0) is 18.4 Å². The summed E-state index contributed by atoms with van der Waals surface area (Å²) in [7, 11) is 1.86. The Kier molecular flexibility index (Phi) is 2.89. The lowest BCUT2D eigenvalue weighted by molar-refractivity contribution is -0.140. The largest absolute Gasteiger partial charge is 0.326 e. The maximum absolute atomic E-state index is 12.9. The van der Waals surface area contributed by atoms with Gasteiger partial charge in [-0.25, -0.2) is 0 Å². The molecule has 114 valence electrons. The molecule has 4 bridgehead atoms. The Balaban J connectivity index is 1.57. The molecule has 5 nitrogen and oxygen atoms in total. The van der Waals surface area contributed by atoms with Gasteiger partial charge in [-0.15, -0.1) is 0 Å². The molecule has 4 aliphatic rings. The second-order valence-electron chi connectivity index (χ2n) is 7.53. The van der Waals surface area contributed by atoms with Crippen molar-refractivity contribution in [3.05, 3.63) is 11.8 Å². The van der Waals surface area contributed by atoms with Crippen molar-refractivity contribution in [1.29, 1.82) is 0 Å². The molecule has 1 aromatic heterocycles. The predicted molar refractivity (Wildman–Crippen MR) is 80.3 cm³/mol. The highest BCUT2D eigenvalue weighted by Gasteiger charge is 2.54. The van der Waals surface area contributed by atoms with E-state index in [-0.39, 0.29) is 11.3 Å². The molecule has 0 spiro atoms. The standard InChI is InChI=1S/C16H24N4O/c1-20-9-13(8-17)14(19-20)18-15(21)16-5-10-2-11(6-16)4-12(3-10)7-16/h9-12H,2-8,17H2,1H3,(H,18,19,21). The SMILES string of the molecule is Cn1cc(CN)c(NC(=O)C23CC4CC(CC(C4)C2)C3)n1. The number of rotatable bonds is 3. The fourth-order valence-electron chi connectivity index (χ4n) is 5.42. The normalized spacial score (nSPS) is 37.0. The summed E-state index contributed by atoms with van der Waals surface area (Å²) in [5.74, 6) is 3.18. The zero-order valence-corrected chi connectivity index (χ0v) is 12.6. The van der Waals surface area contributed by atoms with E-state index in [1.807, 2.05) is 13.2 Å². The van der Waals surface area contributed by atoms with E-state index in [9.17, 15) is 4.79 Å². The molecule has 4 saturated carbocycles. The third kappa shape index (κ3) is 2.09. The quantitative estimate of drug-likeness (QED) is 0.894. The average Bonchev–Trinajstić information content (AvgIpc) is 2.77. The summed E-state index contributed by atoms with van der Waals surface area (Å²) in [6.07, 6.45) is 9.18. The lowest BCUT2D eigenvalue weighted by Gasteiger charge is -2.55. The van der Waals surface area contributed by atoms with Crippen LogP contribution in [0.1, 0.15) is 44.1 Å². The van der Waals surface area contributed by atoms with Crippen LogP contribution in [0.25, 0.3) is 0 Å². The Morgan fingerprint density at radius 1 is 1.33 bits per heavy atom. The maximum atomic E-state index is 12.9. The Bertz CT molecular complexity index is 542. The number of anilines is 1. The van der Waals surface area contributed by atoms with Crippen LogP contribution in [0, 0.1) is 23.2 Å². The van der Waals surface area contributed by atoms with Crippen molar-refractivity contribution in [2.45, 2.75) is 45.1 Å². The minimum Gasteiger partial charge on any atom is -0.326 e. The first-order valence-electron chi connectivity index (χ1n) is 8.12. The molecule has 0 aliphatic heterocycles. The molecular weight excluding hydrogens is 264 g/mol. The van der Waals surface area contributed by atoms with Gasteiger partial charge in [-0.05, 0) is 56.3 Å². The molecule has 0 unspecified atom stereocenters. The summed E-state index contributed by atoms with van der Waals surface area (Å²) in [5, 5.41) is 7.44. The molecule has 1 amide bonds. The minimum absolute atomic E-state index is 0.127. The van der Waals surface area contributed by atoms with E-state index < -0.39 is 0 Å². The molecule has 1 aromatic rings. The number of aryl methyl sites for hydroxylation is 1. The van der Waals surface area contributed by atoms with Crippen LogP contribution < -0.4 is 11.1 Å². The van der Waals surface area contributed by atoms with E-state index in [2.05, 4.69) is 10.4 Å². The van der Waals surface area contributed by atoms with Gasteiger partial charge in [-0.3, -0.25) is 9.48 Å². The molecule has 5 rings (SSSR count). The Morgan fingerprint density at radius 3 is 2.43 bits per heavy atom. The Hall–Kier alpha value is -1.36. The topological polar surface area (TPSA) is 72.9 Å². The Labute approximate surface area is 125 Å². The van der Waals surface area contributed by atoms with Gasteiger partial charge in [0.05, 0.1) is 5.41 Å². The molecule has 4 aliphatic carbocycles. The number of amides is 1. The molecule has 5 heteroatoms. The summed E-state index contributed by atoms with van der Waals surface area (Å²) < 4.78 is 1.72. The summed E-state index contributed by atoms with van der Waals surface area (Å²) in [6, 6.07) is 0. The third-order valence-electron chi connectivity index (χ3n) is 5.88. The molecule has 0 aromatic carbocycles. The van der Waals surface area contributed by atoms with Gasteiger partial charge in [0.2, 0.25) is 5.91 Å². The number of carbonyl (C=O) groups excluding carboxylic acids is 1. The number of nitrogens with two attached hydrogens (primary N) is 1. The highest BCUT2D eigenvalue weighted by atomic mass is 16.2. The van der Waals surface area contributed by atoms with Crippen LogP contribution in [0.2, 0.25) is 0 Å². The number of hydrogen-bond donors (Lipinski definition) is 2. The zero-order valence-electron chi connectivity index (χ0n) is 12.6. The van der Waals surface area contributed by atoms with E-state index in [4.69, 9.17) is 5.73 Å². The summed E-state index contributed by atoms with van der Waals surface area (Å²) in [5.41, 5.74) is 6.53. The number of nitrogens with zero attached hydrogens (tertiary/aromatic N) is 2. The minimum atomic E-state index is -0.127.